The summed E-state index contributed by atoms with van der Waals surface area (Å²) >= 11 is 0. The monoisotopic (exact) mass is 219 g/mol. The topological polar surface area (TPSA) is 63.3 Å². The Hall–Kier alpha value is -1.84. The Labute approximate surface area is 92.9 Å². The first-order chi connectivity index (χ1) is 7.75. The molecule has 4 heteroatoms. The maximum absolute atomic E-state index is 10.3. The van der Waals surface area contributed by atoms with Crippen molar-refractivity contribution in [1.29, 1.82) is 0 Å². The van der Waals surface area contributed by atoms with E-state index in [0.29, 0.717) is 6.42 Å². The number of benzene rings is 1. The second-order valence-corrected chi connectivity index (χ2v) is 3.76. The van der Waals surface area contributed by atoms with Crippen molar-refractivity contribution in [2.24, 2.45) is 0 Å². The van der Waals surface area contributed by atoms with Crippen molar-refractivity contribution in [1.82, 2.24) is 4.98 Å². The van der Waals surface area contributed by atoms with Gasteiger partial charge >= 0.3 is 5.97 Å². The van der Waals surface area contributed by atoms with Gasteiger partial charge in [0.15, 0.2) is 12.0 Å². The van der Waals surface area contributed by atoms with E-state index in [0.717, 1.165) is 29.5 Å². The minimum absolute atomic E-state index is 0.241. The third-order valence-corrected chi connectivity index (χ3v) is 2.50. The summed E-state index contributed by atoms with van der Waals surface area (Å²) in [5.41, 5.74) is 2.81. The van der Waals surface area contributed by atoms with E-state index in [1.54, 1.807) is 0 Å². The summed E-state index contributed by atoms with van der Waals surface area (Å²) in [5, 5.41) is 8.50. The molecule has 4 nitrogen and oxygen atoms in total. The average Bonchev–Trinajstić information content (AvgIpc) is 2.71. The molecule has 0 spiro atoms. The molecule has 1 heterocycles. The lowest BCUT2D eigenvalue weighted by Gasteiger charge is -1.99. The number of carboxylic acid groups (broad SMARTS) is 1. The molecular formula is C12H13NO3. The molecule has 0 saturated carbocycles. The predicted octanol–water partition coefficient (Wildman–Crippen LogP) is 2.63. The Morgan fingerprint density at radius 3 is 3.06 bits per heavy atom. The second-order valence-electron chi connectivity index (χ2n) is 3.76. The second kappa shape index (κ2) is 4.79. The predicted molar refractivity (Wildman–Crippen MR) is 59.2 cm³/mol. The molecular weight excluding hydrogens is 206 g/mol. The summed E-state index contributed by atoms with van der Waals surface area (Å²) in [6, 6.07) is 5.89. The zero-order chi connectivity index (χ0) is 11.4. The third kappa shape index (κ3) is 2.59. The molecule has 0 amide bonds. The standard InChI is InChI=1S/C12H13NO3/c14-12(15)4-2-1-3-9-5-6-10-11(7-9)16-8-13-10/h5-8H,1-4H2,(H,14,15). The van der Waals surface area contributed by atoms with Crippen LogP contribution in [0, 0.1) is 0 Å². The molecule has 0 bridgehead atoms. The number of rotatable bonds is 5. The maximum atomic E-state index is 10.3. The van der Waals surface area contributed by atoms with Gasteiger partial charge in [-0.25, -0.2) is 4.98 Å². The average molecular weight is 219 g/mol. The van der Waals surface area contributed by atoms with Gasteiger partial charge in [-0.1, -0.05) is 6.07 Å². The van der Waals surface area contributed by atoms with Gasteiger partial charge in [0, 0.05) is 6.42 Å². The van der Waals surface area contributed by atoms with E-state index in [-0.39, 0.29) is 6.42 Å². The number of oxazole rings is 1. The van der Waals surface area contributed by atoms with E-state index in [9.17, 15) is 4.79 Å². The summed E-state index contributed by atoms with van der Waals surface area (Å²) < 4.78 is 5.20. The van der Waals surface area contributed by atoms with E-state index < -0.39 is 5.97 Å². The van der Waals surface area contributed by atoms with Crippen LogP contribution in [-0.2, 0) is 11.2 Å². The molecule has 2 aromatic rings. The van der Waals surface area contributed by atoms with Crippen LogP contribution in [0.25, 0.3) is 11.1 Å². The van der Waals surface area contributed by atoms with Gasteiger partial charge < -0.3 is 9.52 Å². The Balaban J connectivity index is 1.91. The van der Waals surface area contributed by atoms with Crippen LogP contribution >= 0.6 is 0 Å². The van der Waals surface area contributed by atoms with E-state index in [1.807, 2.05) is 18.2 Å². The maximum Gasteiger partial charge on any atom is 0.303 e. The lowest BCUT2D eigenvalue weighted by molar-refractivity contribution is -0.137. The Morgan fingerprint density at radius 2 is 2.25 bits per heavy atom. The molecule has 84 valence electrons. The number of hydrogen-bond donors (Lipinski definition) is 1. The van der Waals surface area contributed by atoms with Gasteiger partial charge in [0.05, 0.1) is 0 Å². The van der Waals surface area contributed by atoms with E-state index >= 15 is 0 Å². The van der Waals surface area contributed by atoms with E-state index in [1.165, 1.54) is 6.39 Å². The number of fused-ring (bicyclic) bond motifs is 1. The summed E-state index contributed by atoms with van der Waals surface area (Å²) in [4.78, 5) is 14.4. The van der Waals surface area contributed by atoms with Gasteiger partial charge in [-0.2, -0.15) is 0 Å². The number of carboxylic acids is 1. The number of aliphatic carboxylic acids is 1. The molecule has 0 radical (unpaired) electrons. The first-order valence-electron chi connectivity index (χ1n) is 5.29. The van der Waals surface area contributed by atoms with Gasteiger partial charge in [-0.15, -0.1) is 0 Å². The number of aromatic nitrogens is 1. The van der Waals surface area contributed by atoms with Gasteiger partial charge in [-0.3, -0.25) is 4.79 Å². The molecule has 0 unspecified atom stereocenters. The Kier molecular flexibility index (Phi) is 3.19. The van der Waals surface area contributed by atoms with Crippen LogP contribution in [0.5, 0.6) is 0 Å². The van der Waals surface area contributed by atoms with Crippen LogP contribution < -0.4 is 0 Å². The molecule has 0 aliphatic carbocycles. The molecule has 16 heavy (non-hydrogen) atoms. The Morgan fingerprint density at radius 1 is 1.38 bits per heavy atom. The number of unbranched alkanes of at least 4 members (excludes halogenated alkanes) is 1. The van der Waals surface area contributed by atoms with Gasteiger partial charge in [-0.05, 0) is 37.0 Å². The largest absolute Gasteiger partial charge is 0.481 e. The first kappa shape index (κ1) is 10.7. The highest BCUT2D eigenvalue weighted by Crippen LogP contribution is 2.16. The SMILES string of the molecule is O=C(O)CCCCc1ccc2ncoc2c1. The normalized spacial score (nSPS) is 10.8. The van der Waals surface area contributed by atoms with Crippen molar-refractivity contribution in [3.05, 3.63) is 30.2 Å². The zero-order valence-electron chi connectivity index (χ0n) is 8.85. The quantitative estimate of drug-likeness (QED) is 0.785. The minimum atomic E-state index is -0.731. The van der Waals surface area contributed by atoms with Crippen molar-refractivity contribution in [2.75, 3.05) is 0 Å². The number of hydrogen-bond acceptors (Lipinski definition) is 3. The van der Waals surface area contributed by atoms with Crippen LogP contribution in [0.3, 0.4) is 0 Å². The minimum Gasteiger partial charge on any atom is -0.481 e. The number of carbonyl (C=O) groups is 1. The fraction of sp³-hybridized carbons (Fsp3) is 0.333. The fourth-order valence-corrected chi connectivity index (χ4v) is 1.66. The molecule has 0 aliphatic rings. The summed E-state index contributed by atoms with van der Waals surface area (Å²) in [6.45, 7) is 0. The lowest BCUT2D eigenvalue weighted by atomic mass is 10.1. The molecule has 1 aromatic carbocycles. The van der Waals surface area contributed by atoms with Crippen molar-refractivity contribution in [3.63, 3.8) is 0 Å². The van der Waals surface area contributed by atoms with Crippen molar-refractivity contribution in [2.45, 2.75) is 25.7 Å². The number of aryl methyl sites for hydroxylation is 1. The first-order valence-corrected chi connectivity index (χ1v) is 5.29. The highest BCUT2D eigenvalue weighted by Gasteiger charge is 2.01. The molecule has 1 N–H and O–H groups in total. The lowest BCUT2D eigenvalue weighted by Crippen LogP contribution is -1.94. The molecule has 0 atom stereocenters. The van der Waals surface area contributed by atoms with Crippen LogP contribution in [-0.4, -0.2) is 16.1 Å². The molecule has 0 saturated heterocycles. The molecule has 0 aliphatic heterocycles. The number of nitrogens with zero attached hydrogens (tertiary/aromatic N) is 1. The van der Waals surface area contributed by atoms with Crippen molar-refractivity contribution >= 4 is 17.1 Å². The van der Waals surface area contributed by atoms with E-state index in [2.05, 4.69) is 4.98 Å². The van der Waals surface area contributed by atoms with Gasteiger partial charge in [0.2, 0.25) is 0 Å². The third-order valence-electron chi connectivity index (χ3n) is 2.50. The van der Waals surface area contributed by atoms with Gasteiger partial charge in [0.1, 0.15) is 5.52 Å². The summed E-state index contributed by atoms with van der Waals surface area (Å²) in [7, 11) is 0. The van der Waals surface area contributed by atoms with E-state index in [4.69, 9.17) is 9.52 Å². The smallest absolute Gasteiger partial charge is 0.303 e. The molecule has 2 rings (SSSR count). The van der Waals surface area contributed by atoms with Gasteiger partial charge in [0.25, 0.3) is 0 Å². The van der Waals surface area contributed by atoms with Crippen molar-refractivity contribution < 1.29 is 14.3 Å². The van der Waals surface area contributed by atoms with Crippen LogP contribution in [0.2, 0.25) is 0 Å². The van der Waals surface area contributed by atoms with Crippen LogP contribution in [0.1, 0.15) is 24.8 Å². The van der Waals surface area contributed by atoms with Crippen LogP contribution in [0.4, 0.5) is 0 Å². The summed E-state index contributed by atoms with van der Waals surface area (Å²) in [5.74, 6) is -0.731. The fourth-order valence-electron chi connectivity index (χ4n) is 1.66. The molecule has 1 aromatic heterocycles. The molecule has 0 fully saturated rings. The highest BCUT2D eigenvalue weighted by molar-refractivity contribution is 5.72. The van der Waals surface area contributed by atoms with Crippen LogP contribution in [0.15, 0.2) is 29.0 Å². The highest BCUT2D eigenvalue weighted by atomic mass is 16.4. The summed E-state index contributed by atoms with van der Waals surface area (Å²) in [6.07, 6.45) is 4.14. The zero-order valence-corrected chi connectivity index (χ0v) is 8.85. The Bertz CT molecular complexity index is 490. The van der Waals surface area contributed by atoms with Crippen molar-refractivity contribution in [3.8, 4) is 0 Å².